The van der Waals surface area contributed by atoms with Crippen molar-refractivity contribution in [2.75, 3.05) is 6.26 Å². The summed E-state index contributed by atoms with van der Waals surface area (Å²) in [5.74, 6) is 2.64. The van der Waals surface area contributed by atoms with Crippen LogP contribution in [-0.2, 0) is 10.0 Å². The van der Waals surface area contributed by atoms with E-state index in [4.69, 9.17) is 0 Å². The lowest BCUT2D eigenvalue weighted by molar-refractivity contribution is -0.0665. The predicted octanol–water partition coefficient (Wildman–Crippen LogP) is 2.14. The molecule has 0 spiro atoms. The summed E-state index contributed by atoms with van der Waals surface area (Å²) in [6, 6.07) is 0.117. The predicted molar refractivity (Wildman–Crippen MR) is 68.0 cm³/mol. The molecule has 4 bridgehead atoms. The van der Waals surface area contributed by atoms with E-state index in [0.29, 0.717) is 0 Å². The van der Waals surface area contributed by atoms with Crippen molar-refractivity contribution < 1.29 is 8.42 Å². The highest BCUT2D eigenvalue weighted by atomic mass is 32.2. The van der Waals surface area contributed by atoms with Crippen LogP contribution in [0.25, 0.3) is 0 Å². The van der Waals surface area contributed by atoms with Crippen molar-refractivity contribution in [1.82, 2.24) is 4.72 Å². The van der Waals surface area contributed by atoms with Crippen LogP contribution in [0.4, 0.5) is 0 Å². The fourth-order valence-electron chi connectivity index (χ4n) is 5.15. The second-order valence-corrected chi connectivity index (χ2v) is 8.67. The molecule has 4 heteroatoms. The van der Waals surface area contributed by atoms with Crippen molar-refractivity contribution in [3.8, 4) is 0 Å². The summed E-state index contributed by atoms with van der Waals surface area (Å²) in [4.78, 5) is 0. The van der Waals surface area contributed by atoms with E-state index >= 15 is 0 Å². The van der Waals surface area contributed by atoms with Gasteiger partial charge in [-0.2, -0.15) is 0 Å². The molecular weight excluding hydrogens is 234 g/mol. The number of hydrogen-bond acceptors (Lipinski definition) is 2. The van der Waals surface area contributed by atoms with Crippen LogP contribution in [0.2, 0.25) is 0 Å². The third-order valence-electron chi connectivity index (χ3n) is 5.40. The van der Waals surface area contributed by atoms with E-state index in [1.54, 1.807) is 0 Å². The summed E-state index contributed by atoms with van der Waals surface area (Å²) in [5, 5.41) is 0. The topological polar surface area (TPSA) is 46.2 Å². The average Bonchev–Trinajstić information content (AvgIpc) is 2.12. The molecule has 0 amide bonds. The Hall–Kier alpha value is -0.0900. The van der Waals surface area contributed by atoms with Gasteiger partial charge < -0.3 is 0 Å². The van der Waals surface area contributed by atoms with Crippen LogP contribution in [-0.4, -0.2) is 20.7 Å². The van der Waals surface area contributed by atoms with E-state index < -0.39 is 10.0 Å². The van der Waals surface area contributed by atoms with Gasteiger partial charge in [0.2, 0.25) is 10.0 Å². The van der Waals surface area contributed by atoms with Crippen LogP contribution in [0.5, 0.6) is 0 Å². The van der Waals surface area contributed by atoms with Crippen LogP contribution in [0, 0.1) is 23.2 Å². The molecule has 0 aromatic heterocycles. The Kier molecular flexibility index (Phi) is 2.61. The minimum atomic E-state index is -3.07. The van der Waals surface area contributed by atoms with Crippen molar-refractivity contribution in [3.63, 3.8) is 0 Å². The molecule has 4 aliphatic carbocycles. The van der Waals surface area contributed by atoms with Gasteiger partial charge in [0.15, 0.2) is 0 Å². The average molecular weight is 257 g/mol. The molecule has 1 atom stereocenters. The SMILES string of the molecule is C[C@@H](NS(C)(=O)=O)C12CC3CC(CC(C3)C1)C2. The summed E-state index contributed by atoms with van der Waals surface area (Å²) in [6.45, 7) is 2.08. The van der Waals surface area contributed by atoms with Gasteiger partial charge >= 0.3 is 0 Å². The Morgan fingerprint density at radius 1 is 1.06 bits per heavy atom. The van der Waals surface area contributed by atoms with Gasteiger partial charge in [-0.05, 0) is 68.6 Å². The molecule has 0 aromatic carbocycles. The quantitative estimate of drug-likeness (QED) is 0.842. The smallest absolute Gasteiger partial charge is 0.208 e. The minimum absolute atomic E-state index is 0.117. The van der Waals surface area contributed by atoms with E-state index in [0.717, 1.165) is 17.8 Å². The normalized spacial score (nSPS) is 46.1. The zero-order chi connectivity index (χ0) is 12.3. The fraction of sp³-hybridized carbons (Fsp3) is 1.00. The van der Waals surface area contributed by atoms with Crippen LogP contribution < -0.4 is 4.72 Å². The van der Waals surface area contributed by atoms with Gasteiger partial charge in [-0.1, -0.05) is 0 Å². The van der Waals surface area contributed by atoms with E-state index in [2.05, 4.69) is 11.6 Å². The highest BCUT2D eigenvalue weighted by Crippen LogP contribution is 2.61. The largest absolute Gasteiger partial charge is 0.213 e. The highest BCUT2D eigenvalue weighted by molar-refractivity contribution is 7.88. The summed E-state index contributed by atoms with van der Waals surface area (Å²) in [6.07, 6.45) is 9.26. The van der Waals surface area contributed by atoms with Gasteiger partial charge in [-0.25, -0.2) is 13.1 Å². The lowest BCUT2D eigenvalue weighted by Gasteiger charge is -2.59. The van der Waals surface area contributed by atoms with Gasteiger partial charge in [0, 0.05) is 6.04 Å². The molecule has 1 N–H and O–H groups in total. The molecule has 0 saturated heterocycles. The van der Waals surface area contributed by atoms with Gasteiger partial charge in [0.1, 0.15) is 0 Å². The molecule has 0 unspecified atom stereocenters. The molecule has 0 heterocycles. The monoisotopic (exact) mass is 257 g/mol. The number of sulfonamides is 1. The zero-order valence-electron chi connectivity index (χ0n) is 10.8. The van der Waals surface area contributed by atoms with Crippen molar-refractivity contribution in [3.05, 3.63) is 0 Å². The Morgan fingerprint density at radius 3 is 1.82 bits per heavy atom. The summed E-state index contributed by atoms with van der Waals surface area (Å²) >= 11 is 0. The number of hydrogen-bond donors (Lipinski definition) is 1. The maximum atomic E-state index is 11.4. The van der Waals surface area contributed by atoms with Gasteiger partial charge in [-0.3, -0.25) is 0 Å². The Morgan fingerprint density at radius 2 is 1.47 bits per heavy atom. The highest BCUT2D eigenvalue weighted by Gasteiger charge is 2.53. The van der Waals surface area contributed by atoms with Crippen LogP contribution in [0.1, 0.15) is 45.4 Å². The van der Waals surface area contributed by atoms with E-state index in [9.17, 15) is 8.42 Å². The van der Waals surface area contributed by atoms with Crippen molar-refractivity contribution >= 4 is 10.0 Å². The van der Waals surface area contributed by atoms with Crippen LogP contribution >= 0.6 is 0 Å². The maximum absolute atomic E-state index is 11.4. The van der Waals surface area contributed by atoms with E-state index in [-0.39, 0.29) is 11.5 Å². The first-order valence-corrected chi connectivity index (χ1v) is 8.73. The van der Waals surface area contributed by atoms with Crippen molar-refractivity contribution in [2.45, 2.75) is 51.5 Å². The molecule has 3 nitrogen and oxygen atoms in total. The molecule has 17 heavy (non-hydrogen) atoms. The lowest BCUT2D eigenvalue weighted by atomic mass is 9.48. The van der Waals surface area contributed by atoms with E-state index in [1.165, 1.54) is 44.8 Å². The third kappa shape index (κ3) is 2.14. The van der Waals surface area contributed by atoms with Crippen LogP contribution in [0.15, 0.2) is 0 Å². The lowest BCUT2D eigenvalue weighted by Crippen LogP contribution is -2.55. The first-order valence-electron chi connectivity index (χ1n) is 6.84. The fourth-order valence-corrected chi connectivity index (χ4v) is 6.05. The number of nitrogens with one attached hydrogen (secondary N) is 1. The molecule has 4 saturated carbocycles. The second kappa shape index (κ2) is 3.70. The molecular formula is C13H23NO2S. The summed E-state index contributed by atoms with van der Waals surface area (Å²) < 4.78 is 25.7. The van der Waals surface area contributed by atoms with Gasteiger partial charge in [-0.15, -0.1) is 0 Å². The molecule has 98 valence electrons. The molecule has 0 aromatic rings. The van der Waals surface area contributed by atoms with E-state index in [1.807, 2.05) is 0 Å². The Balaban J connectivity index is 1.82. The first-order chi connectivity index (χ1) is 7.86. The molecule has 0 radical (unpaired) electrons. The third-order valence-corrected chi connectivity index (χ3v) is 6.18. The number of rotatable bonds is 3. The van der Waals surface area contributed by atoms with Crippen molar-refractivity contribution in [1.29, 1.82) is 0 Å². The summed E-state index contributed by atoms with van der Waals surface area (Å²) in [7, 11) is -3.07. The molecule has 4 fully saturated rings. The Labute approximate surface area is 104 Å². The van der Waals surface area contributed by atoms with Gasteiger partial charge in [0.25, 0.3) is 0 Å². The summed E-state index contributed by atoms with van der Waals surface area (Å²) in [5.41, 5.74) is 0.276. The van der Waals surface area contributed by atoms with Crippen LogP contribution in [0.3, 0.4) is 0 Å². The molecule has 4 aliphatic rings. The molecule has 4 rings (SSSR count). The Bertz CT molecular complexity index is 380. The zero-order valence-corrected chi connectivity index (χ0v) is 11.6. The maximum Gasteiger partial charge on any atom is 0.208 e. The first kappa shape index (κ1) is 12.0. The standard InChI is InChI=1S/C13H23NO2S/c1-9(14-17(2,15)16)13-6-10-3-11(7-13)5-12(4-10)8-13/h9-12,14H,3-8H2,1-2H3/t9-,10?,11?,12?,13?/m1/s1. The van der Waals surface area contributed by atoms with Gasteiger partial charge in [0.05, 0.1) is 6.26 Å². The minimum Gasteiger partial charge on any atom is -0.213 e. The second-order valence-electron chi connectivity index (χ2n) is 6.89. The molecule has 0 aliphatic heterocycles. The van der Waals surface area contributed by atoms with Crippen molar-refractivity contribution in [2.24, 2.45) is 23.2 Å².